The summed E-state index contributed by atoms with van der Waals surface area (Å²) in [4.78, 5) is 6.16. The minimum atomic E-state index is 0.0167. The monoisotopic (exact) mass is 474 g/mol. The van der Waals surface area contributed by atoms with Gasteiger partial charge in [-0.2, -0.15) is 5.21 Å². The molecule has 0 radical (unpaired) electrons. The van der Waals surface area contributed by atoms with Gasteiger partial charge in [0, 0.05) is 35.2 Å². The summed E-state index contributed by atoms with van der Waals surface area (Å²) >= 11 is 12.9. The van der Waals surface area contributed by atoms with Crippen molar-refractivity contribution in [1.82, 2.24) is 30.5 Å². The van der Waals surface area contributed by atoms with E-state index >= 15 is 0 Å². The molecule has 8 heteroatoms. The number of fused-ring (bicyclic) bond motifs is 3. The summed E-state index contributed by atoms with van der Waals surface area (Å²) in [6, 6.07) is 22.7. The van der Waals surface area contributed by atoms with Crippen molar-refractivity contribution in [2.75, 3.05) is 6.54 Å². The van der Waals surface area contributed by atoms with E-state index in [0.29, 0.717) is 22.4 Å². The van der Waals surface area contributed by atoms with Crippen LogP contribution in [0.25, 0.3) is 22.3 Å². The Balaban J connectivity index is 1.49. The third kappa shape index (κ3) is 3.60. The number of rotatable bonds is 4. The van der Waals surface area contributed by atoms with Gasteiger partial charge in [0.1, 0.15) is 0 Å². The number of tetrazole rings is 1. The van der Waals surface area contributed by atoms with E-state index in [0.717, 1.165) is 35.2 Å². The number of aromatic nitrogens is 5. The summed E-state index contributed by atoms with van der Waals surface area (Å²) in [6.07, 6.45) is 0.957. The van der Waals surface area contributed by atoms with E-state index in [1.54, 1.807) is 0 Å². The molecule has 0 bridgehead atoms. The molecular formula is C25H20Cl2N6. The number of hydrogen-bond donors (Lipinski definition) is 2. The first-order chi connectivity index (χ1) is 16.2. The molecule has 6 rings (SSSR count). The number of hydrogen-bond acceptors (Lipinski definition) is 4. The average molecular weight is 475 g/mol. The van der Waals surface area contributed by atoms with Gasteiger partial charge < -0.3 is 4.98 Å². The molecule has 5 aromatic rings. The van der Waals surface area contributed by atoms with E-state index < -0.39 is 0 Å². The molecule has 0 saturated carbocycles. The third-order valence-corrected chi connectivity index (χ3v) is 7.20. The summed E-state index contributed by atoms with van der Waals surface area (Å²) in [5, 5.41) is 17.0. The second kappa shape index (κ2) is 8.30. The summed E-state index contributed by atoms with van der Waals surface area (Å²) in [6.45, 7) is 1.58. The van der Waals surface area contributed by atoms with Gasteiger partial charge in [-0.05, 0) is 46.5 Å². The Bertz CT molecular complexity index is 1440. The molecule has 1 atom stereocenters. The molecule has 0 saturated heterocycles. The lowest BCUT2D eigenvalue weighted by Crippen LogP contribution is -2.35. The van der Waals surface area contributed by atoms with Crippen molar-refractivity contribution in [1.29, 1.82) is 0 Å². The van der Waals surface area contributed by atoms with E-state index in [9.17, 15) is 0 Å². The SMILES string of the molecule is Clc1cccc(CN2CCc3c([nH]c4ccccc34)C2c2cccc(-c3nn[nH]n3)c2)c1Cl. The molecule has 33 heavy (non-hydrogen) atoms. The maximum absolute atomic E-state index is 6.57. The van der Waals surface area contributed by atoms with Gasteiger partial charge in [0.05, 0.1) is 16.1 Å². The van der Waals surface area contributed by atoms with E-state index in [1.807, 2.05) is 30.3 Å². The van der Waals surface area contributed by atoms with Gasteiger partial charge in [-0.3, -0.25) is 4.90 Å². The largest absolute Gasteiger partial charge is 0.357 e. The second-order valence-electron chi connectivity index (χ2n) is 8.26. The highest BCUT2D eigenvalue weighted by Gasteiger charge is 2.32. The average Bonchev–Trinajstić information content (AvgIpc) is 3.50. The lowest BCUT2D eigenvalue weighted by atomic mass is 9.91. The van der Waals surface area contributed by atoms with Crippen LogP contribution in [0.15, 0.2) is 66.7 Å². The zero-order valence-electron chi connectivity index (χ0n) is 17.6. The van der Waals surface area contributed by atoms with E-state index in [2.05, 4.69) is 66.9 Å². The molecule has 164 valence electrons. The molecule has 0 spiro atoms. The van der Waals surface area contributed by atoms with E-state index in [-0.39, 0.29) is 6.04 Å². The topological polar surface area (TPSA) is 73.5 Å². The Kier molecular flexibility index (Phi) is 5.14. The molecule has 0 aliphatic carbocycles. The lowest BCUT2D eigenvalue weighted by molar-refractivity contribution is 0.202. The maximum atomic E-state index is 6.57. The number of halogens is 2. The molecule has 1 unspecified atom stereocenters. The van der Waals surface area contributed by atoms with Crippen LogP contribution in [0.2, 0.25) is 10.0 Å². The smallest absolute Gasteiger partial charge is 0.204 e. The molecular weight excluding hydrogens is 455 g/mol. The molecule has 2 aromatic heterocycles. The Hall–Kier alpha value is -3.19. The Morgan fingerprint density at radius 3 is 2.76 bits per heavy atom. The van der Waals surface area contributed by atoms with Crippen LogP contribution in [-0.4, -0.2) is 37.1 Å². The molecule has 6 nitrogen and oxygen atoms in total. The molecule has 1 aliphatic heterocycles. The van der Waals surface area contributed by atoms with Crippen molar-refractivity contribution in [2.24, 2.45) is 0 Å². The first-order valence-electron chi connectivity index (χ1n) is 10.8. The van der Waals surface area contributed by atoms with Gasteiger partial charge in [-0.15, -0.1) is 10.2 Å². The number of H-pyrrole nitrogens is 2. The van der Waals surface area contributed by atoms with Crippen LogP contribution in [0.4, 0.5) is 0 Å². The first kappa shape index (κ1) is 20.4. The van der Waals surface area contributed by atoms with Crippen LogP contribution in [0.1, 0.15) is 28.4 Å². The van der Waals surface area contributed by atoms with Crippen molar-refractivity contribution in [2.45, 2.75) is 19.0 Å². The molecule has 2 N–H and O–H groups in total. The molecule has 0 fully saturated rings. The molecule has 1 aliphatic rings. The Morgan fingerprint density at radius 2 is 1.88 bits per heavy atom. The van der Waals surface area contributed by atoms with Crippen LogP contribution < -0.4 is 0 Å². The lowest BCUT2D eigenvalue weighted by Gasteiger charge is -2.36. The van der Waals surface area contributed by atoms with E-state index in [4.69, 9.17) is 23.2 Å². The van der Waals surface area contributed by atoms with Gasteiger partial charge in [0.15, 0.2) is 0 Å². The summed E-state index contributed by atoms with van der Waals surface area (Å²) in [5.41, 5.74) is 6.83. The van der Waals surface area contributed by atoms with Gasteiger partial charge in [-0.1, -0.05) is 71.7 Å². The zero-order chi connectivity index (χ0) is 22.4. The Labute approximate surface area is 200 Å². The fraction of sp³-hybridized carbons (Fsp3) is 0.160. The predicted molar refractivity (Wildman–Crippen MR) is 130 cm³/mol. The number of nitrogens with zero attached hydrogens (tertiary/aromatic N) is 4. The van der Waals surface area contributed by atoms with Crippen LogP contribution in [0, 0.1) is 0 Å². The summed E-state index contributed by atoms with van der Waals surface area (Å²) < 4.78 is 0. The number of aromatic amines is 2. The zero-order valence-corrected chi connectivity index (χ0v) is 19.1. The minimum absolute atomic E-state index is 0.0167. The fourth-order valence-corrected chi connectivity index (χ4v) is 5.24. The van der Waals surface area contributed by atoms with Crippen LogP contribution in [-0.2, 0) is 13.0 Å². The molecule has 3 heterocycles. The van der Waals surface area contributed by atoms with Crippen molar-refractivity contribution in [3.63, 3.8) is 0 Å². The summed E-state index contributed by atoms with van der Waals surface area (Å²) in [5.74, 6) is 0.578. The molecule has 0 amide bonds. The molecule has 3 aromatic carbocycles. The Morgan fingerprint density at radius 1 is 1.00 bits per heavy atom. The normalized spacial score (nSPS) is 16.2. The van der Waals surface area contributed by atoms with Crippen LogP contribution in [0.5, 0.6) is 0 Å². The number of benzene rings is 3. The van der Waals surface area contributed by atoms with Crippen molar-refractivity contribution in [3.05, 3.63) is 99.2 Å². The van der Waals surface area contributed by atoms with Crippen molar-refractivity contribution in [3.8, 4) is 11.4 Å². The van der Waals surface area contributed by atoms with Crippen LogP contribution >= 0.6 is 23.2 Å². The fourth-order valence-electron chi connectivity index (χ4n) is 4.86. The van der Waals surface area contributed by atoms with Gasteiger partial charge >= 0.3 is 0 Å². The van der Waals surface area contributed by atoms with E-state index in [1.165, 1.54) is 16.6 Å². The van der Waals surface area contributed by atoms with Gasteiger partial charge in [0.25, 0.3) is 0 Å². The quantitative estimate of drug-likeness (QED) is 0.345. The maximum Gasteiger partial charge on any atom is 0.204 e. The second-order valence-corrected chi connectivity index (χ2v) is 9.04. The number of para-hydroxylation sites is 1. The highest BCUT2D eigenvalue weighted by atomic mass is 35.5. The van der Waals surface area contributed by atoms with Crippen molar-refractivity contribution >= 4 is 34.1 Å². The standard InChI is InChI=1S/C25H20Cl2N6/c26-20-9-4-7-17(22(20)27)14-33-12-11-19-18-8-1-2-10-21(18)28-23(19)24(33)15-5-3-6-16(13-15)25-29-31-32-30-25/h1-10,13,24,28H,11-12,14H2,(H,29,30,31,32). The highest BCUT2D eigenvalue weighted by Crippen LogP contribution is 2.40. The highest BCUT2D eigenvalue weighted by molar-refractivity contribution is 6.42. The van der Waals surface area contributed by atoms with Gasteiger partial charge in [0.2, 0.25) is 5.82 Å². The van der Waals surface area contributed by atoms with Crippen molar-refractivity contribution < 1.29 is 0 Å². The van der Waals surface area contributed by atoms with Gasteiger partial charge in [-0.25, -0.2) is 0 Å². The third-order valence-electron chi connectivity index (χ3n) is 6.35. The number of nitrogens with one attached hydrogen (secondary N) is 2. The predicted octanol–water partition coefficient (Wildman–Crippen LogP) is 5.80. The first-order valence-corrected chi connectivity index (χ1v) is 11.5. The van der Waals surface area contributed by atoms with Crippen LogP contribution in [0.3, 0.4) is 0 Å². The summed E-state index contributed by atoms with van der Waals surface area (Å²) in [7, 11) is 0. The minimum Gasteiger partial charge on any atom is -0.357 e.